The van der Waals surface area contributed by atoms with Gasteiger partial charge in [0.15, 0.2) is 0 Å². The first-order chi connectivity index (χ1) is 13.5. The van der Waals surface area contributed by atoms with Gasteiger partial charge in [-0.05, 0) is 48.9 Å². The van der Waals surface area contributed by atoms with Crippen LogP contribution in [-0.4, -0.2) is 22.8 Å². The highest BCUT2D eigenvalue weighted by Crippen LogP contribution is 2.20. The summed E-state index contributed by atoms with van der Waals surface area (Å²) in [5.74, 6) is 0.370. The largest absolute Gasteiger partial charge is 0.496 e. The SMILES string of the molecule is COc1ccccc1Cc1cc(C)nn(CC(=O)Nc2ccc(Cl)cc2)c1=O. The number of amides is 1. The van der Waals surface area contributed by atoms with Crippen molar-refractivity contribution in [2.24, 2.45) is 0 Å². The standard InChI is InChI=1S/C21H20ClN3O3/c1-14-11-16(12-15-5-3-4-6-19(15)28-2)21(27)25(24-14)13-20(26)23-18-9-7-17(22)8-10-18/h3-11H,12-13H2,1-2H3,(H,23,26). The lowest BCUT2D eigenvalue weighted by atomic mass is 10.1. The van der Waals surface area contributed by atoms with Crippen molar-refractivity contribution in [1.82, 2.24) is 9.78 Å². The number of rotatable bonds is 6. The molecule has 0 unspecified atom stereocenters. The van der Waals surface area contributed by atoms with Crippen molar-refractivity contribution < 1.29 is 9.53 Å². The fourth-order valence-electron chi connectivity index (χ4n) is 2.90. The Kier molecular flexibility index (Phi) is 6.11. The van der Waals surface area contributed by atoms with Crippen molar-refractivity contribution in [3.63, 3.8) is 0 Å². The molecule has 1 N–H and O–H groups in total. The Bertz CT molecular complexity index is 1050. The van der Waals surface area contributed by atoms with Crippen LogP contribution in [0.3, 0.4) is 0 Å². The Morgan fingerprint density at radius 2 is 1.86 bits per heavy atom. The zero-order chi connectivity index (χ0) is 20.1. The van der Waals surface area contributed by atoms with E-state index in [9.17, 15) is 9.59 Å². The third-order valence-electron chi connectivity index (χ3n) is 4.17. The molecule has 144 valence electrons. The molecule has 6 nitrogen and oxygen atoms in total. The number of para-hydroxylation sites is 1. The smallest absolute Gasteiger partial charge is 0.270 e. The number of aromatic nitrogens is 2. The van der Waals surface area contributed by atoms with E-state index < -0.39 is 0 Å². The maximum absolute atomic E-state index is 12.8. The molecular weight excluding hydrogens is 378 g/mol. The van der Waals surface area contributed by atoms with E-state index in [4.69, 9.17) is 16.3 Å². The maximum atomic E-state index is 12.8. The molecule has 3 aromatic rings. The van der Waals surface area contributed by atoms with Crippen LogP contribution in [0.2, 0.25) is 5.02 Å². The van der Waals surface area contributed by atoms with Gasteiger partial charge < -0.3 is 10.1 Å². The second-order valence-electron chi connectivity index (χ2n) is 6.32. The Morgan fingerprint density at radius 3 is 2.57 bits per heavy atom. The monoisotopic (exact) mass is 397 g/mol. The molecule has 0 saturated carbocycles. The number of ether oxygens (including phenoxy) is 1. The molecule has 0 fully saturated rings. The van der Waals surface area contributed by atoms with Gasteiger partial charge in [-0.25, -0.2) is 4.68 Å². The molecule has 1 amide bonds. The number of hydrogen-bond donors (Lipinski definition) is 1. The van der Waals surface area contributed by atoms with Gasteiger partial charge in [-0.2, -0.15) is 5.10 Å². The first-order valence-corrected chi connectivity index (χ1v) is 9.09. The molecular formula is C21H20ClN3O3. The van der Waals surface area contributed by atoms with Crippen LogP contribution in [0.4, 0.5) is 5.69 Å². The molecule has 2 aromatic carbocycles. The van der Waals surface area contributed by atoms with Crippen molar-refractivity contribution in [3.8, 4) is 5.75 Å². The number of carbonyl (C=O) groups excluding carboxylic acids is 1. The minimum Gasteiger partial charge on any atom is -0.496 e. The van der Waals surface area contributed by atoms with E-state index >= 15 is 0 Å². The number of nitrogens with one attached hydrogen (secondary N) is 1. The summed E-state index contributed by atoms with van der Waals surface area (Å²) < 4.78 is 6.55. The van der Waals surface area contributed by atoms with E-state index in [0.29, 0.717) is 34.1 Å². The van der Waals surface area contributed by atoms with Crippen LogP contribution < -0.4 is 15.6 Å². The van der Waals surface area contributed by atoms with Crippen LogP contribution in [0.5, 0.6) is 5.75 Å². The number of hydrogen-bond acceptors (Lipinski definition) is 4. The van der Waals surface area contributed by atoms with Crippen LogP contribution in [0.15, 0.2) is 59.4 Å². The summed E-state index contributed by atoms with van der Waals surface area (Å²) in [6, 6.07) is 16.0. The van der Waals surface area contributed by atoms with Crippen molar-refractivity contribution in [1.29, 1.82) is 0 Å². The zero-order valence-electron chi connectivity index (χ0n) is 15.6. The van der Waals surface area contributed by atoms with Gasteiger partial charge in [-0.15, -0.1) is 0 Å². The van der Waals surface area contributed by atoms with Gasteiger partial charge in [0.25, 0.3) is 5.56 Å². The van der Waals surface area contributed by atoms with Crippen LogP contribution in [0, 0.1) is 6.92 Å². The first kappa shape index (κ1) is 19.6. The molecule has 28 heavy (non-hydrogen) atoms. The van der Waals surface area contributed by atoms with E-state index in [-0.39, 0.29) is 18.0 Å². The summed E-state index contributed by atoms with van der Waals surface area (Å²) in [5.41, 5.74) is 2.40. The molecule has 0 aliphatic carbocycles. The summed E-state index contributed by atoms with van der Waals surface area (Å²) >= 11 is 5.84. The van der Waals surface area contributed by atoms with E-state index in [1.807, 2.05) is 24.3 Å². The summed E-state index contributed by atoms with van der Waals surface area (Å²) in [4.78, 5) is 25.2. The highest BCUT2D eigenvalue weighted by atomic mass is 35.5. The Labute approximate surface area is 167 Å². The fraction of sp³-hybridized carbons (Fsp3) is 0.190. The Hall–Kier alpha value is -3.12. The van der Waals surface area contributed by atoms with Gasteiger partial charge in [0.05, 0.1) is 12.8 Å². The normalized spacial score (nSPS) is 10.5. The van der Waals surface area contributed by atoms with Gasteiger partial charge in [0.1, 0.15) is 12.3 Å². The van der Waals surface area contributed by atoms with E-state index in [1.165, 1.54) is 4.68 Å². The van der Waals surface area contributed by atoms with Crippen LogP contribution in [0.25, 0.3) is 0 Å². The lowest BCUT2D eigenvalue weighted by molar-refractivity contribution is -0.117. The topological polar surface area (TPSA) is 73.2 Å². The number of nitrogens with zero attached hydrogens (tertiary/aromatic N) is 2. The molecule has 0 saturated heterocycles. The third kappa shape index (κ3) is 4.78. The number of aryl methyl sites for hydroxylation is 1. The maximum Gasteiger partial charge on any atom is 0.270 e. The minimum atomic E-state index is -0.342. The number of halogens is 1. The number of methoxy groups -OCH3 is 1. The van der Waals surface area contributed by atoms with Gasteiger partial charge >= 0.3 is 0 Å². The lowest BCUT2D eigenvalue weighted by Crippen LogP contribution is -2.32. The van der Waals surface area contributed by atoms with E-state index in [1.54, 1.807) is 44.4 Å². The third-order valence-corrected chi connectivity index (χ3v) is 4.42. The fourth-order valence-corrected chi connectivity index (χ4v) is 3.03. The summed E-state index contributed by atoms with van der Waals surface area (Å²) in [5, 5.41) is 7.52. The zero-order valence-corrected chi connectivity index (χ0v) is 16.4. The summed E-state index contributed by atoms with van der Waals surface area (Å²) in [6.45, 7) is 1.61. The Morgan fingerprint density at radius 1 is 1.14 bits per heavy atom. The molecule has 0 aliphatic heterocycles. The summed E-state index contributed by atoms with van der Waals surface area (Å²) in [6.07, 6.45) is 0.394. The molecule has 1 aromatic heterocycles. The molecule has 0 aliphatic rings. The average Bonchev–Trinajstić information content (AvgIpc) is 2.67. The molecule has 0 spiro atoms. The number of benzene rings is 2. The Balaban J connectivity index is 1.81. The van der Waals surface area contributed by atoms with E-state index in [2.05, 4.69) is 10.4 Å². The van der Waals surface area contributed by atoms with Crippen molar-refractivity contribution in [2.75, 3.05) is 12.4 Å². The lowest BCUT2D eigenvalue weighted by Gasteiger charge is -2.11. The summed E-state index contributed by atoms with van der Waals surface area (Å²) in [7, 11) is 1.59. The van der Waals surface area contributed by atoms with Crippen molar-refractivity contribution >= 4 is 23.2 Å². The number of carbonyl (C=O) groups is 1. The molecule has 3 rings (SSSR count). The average molecular weight is 398 g/mol. The van der Waals surface area contributed by atoms with Gasteiger partial charge in [0.2, 0.25) is 5.91 Å². The quantitative estimate of drug-likeness (QED) is 0.691. The predicted octanol–water partition coefficient (Wildman–Crippen LogP) is 3.44. The van der Waals surface area contributed by atoms with Crippen molar-refractivity contribution in [3.05, 3.63) is 86.8 Å². The van der Waals surface area contributed by atoms with Crippen molar-refractivity contribution in [2.45, 2.75) is 19.9 Å². The van der Waals surface area contributed by atoms with Crippen LogP contribution in [0.1, 0.15) is 16.8 Å². The van der Waals surface area contributed by atoms with Gasteiger partial charge in [-0.1, -0.05) is 29.8 Å². The van der Waals surface area contributed by atoms with Gasteiger partial charge in [-0.3, -0.25) is 9.59 Å². The molecule has 0 atom stereocenters. The first-order valence-electron chi connectivity index (χ1n) is 8.71. The number of anilines is 1. The molecule has 0 bridgehead atoms. The highest BCUT2D eigenvalue weighted by molar-refractivity contribution is 6.30. The second kappa shape index (κ2) is 8.71. The molecule has 7 heteroatoms. The second-order valence-corrected chi connectivity index (χ2v) is 6.75. The predicted molar refractivity (Wildman–Crippen MR) is 109 cm³/mol. The van der Waals surface area contributed by atoms with Crippen LogP contribution in [-0.2, 0) is 17.8 Å². The minimum absolute atomic E-state index is 0.179. The van der Waals surface area contributed by atoms with Crippen LogP contribution >= 0.6 is 11.6 Å². The highest BCUT2D eigenvalue weighted by Gasteiger charge is 2.13. The molecule has 1 heterocycles. The van der Waals surface area contributed by atoms with Gasteiger partial charge in [0, 0.05) is 22.7 Å². The van der Waals surface area contributed by atoms with E-state index in [0.717, 1.165) is 5.56 Å². The molecule has 0 radical (unpaired) electrons.